The molecule has 2 saturated heterocycles. The summed E-state index contributed by atoms with van der Waals surface area (Å²) < 4.78 is 0. The number of hydrogen-bond acceptors (Lipinski definition) is 5. The largest absolute Gasteiger partial charge is 0.352 e. The third kappa shape index (κ3) is 4.35. The molecular formula is C17H23ClN6O. The van der Waals surface area contributed by atoms with E-state index in [0.29, 0.717) is 36.8 Å². The number of fused-ring (bicyclic) bond motifs is 2. The Bertz CT molecular complexity index is 678. The number of aromatic amines is 1. The SMILES string of the molecule is Cl.O=C(CC1CC2CCC(C1)N2)NCc1ccc(-c2nn[nH]n2)cc1. The Labute approximate surface area is 152 Å². The summed E-state index contributed by atoms with van der Waals surface area (Å²) in [5, 5.41) is 20.6. The highest BCUT2D eigenvalue weighted by Crippen LogP contribution is 2.32. The average Bonchev–Trinajstić information content (AvgIpc) is 3.23. The second kappa shape index (κ2) is 7.93. The summed E-state index contributed by atoms with van der Waals surface area (Å²) in [5.74, 6) is 1.26. The summed E-state index contributed by atoms with van der Waals surface area (Å²) in [4.78, 5) is 12.2. The van der Waals surface area contributed by atoms with Gasteiger partial charge in [-0.15, -0.1) is 22.6 Å². The van der Waals surface area contributed by atoms with Crippen molar-refractivity contribution in [2.24, 2.45) is 5.92 Å². The fourth-order valence-corrected chi connectivity index (χ4v) is 3.93. The number of benzene rings is 1. The van der Waals surface area contributed by atoms with E-state index in [1.54, 1.807) is 0 Å². The molecule has 1 aromatic carbocycles. The fraction of sp³-hybridized carbons (Fsp3) is 0.529. The number of rotatable bonds is 5. The molecule has 8 heteroatoms. The smallest absolute Gasteiger partial charge is 0.220 e. The van der Waals surface area contributed by atoms with E-state index in [2.05, 4.69) is 31.3 Å². The van der Waals surface area contributed by atoms with Crippen molar-refractivity contribution in [3.05, 3.63) is 29.8 Å². The highest BCUT2D eigenvalue weighted by atomic mass is 35.5. The number of nitrogens with zero attached hydrogens (tertiary/aromatic N) is 3. The van der Waals surface area contributed by atoms with Crippen molar-refractivity contribution < 1.29 is 4.79 Å². The van der Waals surface area contributed by atoms with Gasteiger partial charge < -0.3 is 10.6 Å². The van der Waals surface area contributed by atoms with Crippen LogP contribution in [0.1, 0.15) is 37.7 Å². The van der Waals surface area contributed by atoms with Gasteiger partial charge in [0.1, 0.15) is 0 Å². The minimum Gasteiger partial charge on any atom is -0.352 e. The van der Waals surface area contributed by atoms with Gasteiger partial charge in [-0.25, -0.2) is 0 Å². The van der Waals surface area contributed by atoms with Crippen molar-refractivity contribution in [1.29, 1.82) is 0 Å². The summed E-state index contributed by atoms with van der Waals surface area (Å²) in [6, 6.07) is 9.12. The van der Waals surface area contributed by atoms with Crippen LogP contribution in [0.3, 0.4) is 0 Å². The second-order valence-electron chi connectivity index (χ2n) is 6.89. The summed E-state index contributed by atoms with van der Waals surface area (Å²) in [6.07, 6.45) is 5.48. The van der Waals surface area contributed by atoms with E-state index < -0.39 is 0 Å². The molecule has 2 aliphatic heterocycles. The Morgan fingerprint density at radius 2 is 1.88 bits per heavy atom. The second-order valence-corrected chi connectivity index (χ2v) is 6.89. The number of piperidine rings is 1. The molecule has 1 aromatic heterocycles. The monoisotopic (exact) mass is 362 g/mol. The highest BCUT2D eigenvalue weighted by Gasteiger charge is 2.34. The number of carbonyl (C=O) groups excluding carboxylic acids is 1. The van der Waals surface area contributed by atoms with E-state index in [4.69, 9.17) is 0 Å². The number of aromatic nitrogens is 4. The summed E-state index contributed by atoms with van der Waals surface area (Å²) >= 11 is 0. The topological polar surface area (TPSA) is 95.6 Å². The number of nitrogens with one attached hydrogen (secondary N) is 3. The minimum atomic E-state index is 0. The fourth-order valence-electron chi connectivity index (χ4n) is 3.93. The van der Waals surface area contributed by atoms with Crippen LogP contribution in [-0.4, -0.2) is 38.6 Å². The Kier molecular flexibility index (Phi) is 5.65. The van der Waals surface area contributed by atoms with Gasteiger partial charge in [-0.2, -0.15) is 5.21 Å². The first-order valence-electron chi connectivity index (χ1n) is 8.62. The molecule has 2 aliphatic rings. The third-order valence-corrected chi connectivity index (χ3v) is 5.09. The van der Waals surface area contributed by atoms with Crippen LogP contribution in [0, 0.1) is 5.92 Å². The van der Waals surface area contributed by atoms with Crippen molar-refractivity contribution in [2.45, 2.75) is 50.7 Å². The zero-order valence-corrected chi connectivity index (χ0v) is 14.8. The maximum atomic E-state index is 12.2. The summed E-state index contributed by atoms with van der Waals surface area (Å²) in [7, 11) is 0. The zero-order valence-electron chi connectivity index (χ0n) is 13.9. The van der Waals surface area contributed by atoms with E-state index in [1.807, 2.05) is 24.3 Å². The van der Waals surface area contributed by atoms with Crippen molar-refractivity contribution in [3.63, 3.8) is 0 Å². The first-order chi connectivity index (χ1) is 11.8. The molecule has 2 unspecified atom stereocenters. The lowest BCUT2D eigenvalue weighted by molar-refractivity contribution is -0.122. The molecule has 2 fully saturated rings. The van der Waals surface area contributed by atoms with E-state index in [0.717, 1.165) is 24.0 Å². The molecule has 4 rings (SSSR count). The molecule has 0 spiro atoms. The number of amides is 1. The van der Waals surface area contributed by atoms with Crippen LogP contribution in [0.15, 0.2) is 24.3 Å². The first-order valence-corrected chi connectivity index (χ1v) is 8.62. The number of carbonyl (C=O) groups is 1. The van der Waals surface area contributed by atoms with Gasteiger partial charge in [0.15, 0.2) is 0 Å². The summed E-state index contributed by atoms with van der Waals surface area (Å²) in [6.45, 7) is 0.559. The van der Waals surface area contributed by atoms with E-state index in [1.165, 1.54) is 12.8 Å². The van der Waals surface area contributed by atoms with E-state index >= 15 is 0 Å². The molecule has 0 radical (unpaired) electrons. The van der Waals surface area contributed by atoms with Crippen molar-refractivity contribution in [3.8, 4) is 11.4 Å². The molecule has 0 aliphatic carbocycles. The molecule has 1 amide bonds. The molecule has 2 aromatic rings. The molecule has 2 bridgehead atoms. The van der Waals surface area contributed by atoms with Crippen LogP contribution in [0.2, 0.25) is 0 Å². The van der Waals surface area contributed by atoms with Crippen molar-refractivity contribution in [2.75, 3.05) is 0 Å². The number of tetrazole rings is 1. The number of H-pyrrole nitrogens is 1. The lowest BCUT2D eigenvalue weighted by atomic mass is 9.89. The van der Waals surface area contributed by atoms with E-state index in [-0.39, 0.29) is 18.3 Å². The van der Waals surface area contributed by atoms with Gasteiger partial charge in [-0.3, -0.25) is 4.79 Å². The standard InChI is InChI=1S/C17H22N6O.ClH/c24-16(9-12-7-14-5-6-15(8-12)19-14)18-10-11-1-3-13(4-2-11)17-20-22-23-21-17;/h1-4,12,14-15,19H,5-10H2,(H,18,24)(H,20,21,22,23);1H. The Morgan fingerprint density at radius 3 is 2.52 bits per heavy atom. The van der Waals surface area contributed by atoms with Crippen LogP contribution in [-0.2, 0) is 11.3 Å². The minimum absolute atomic E-state index is 0. The molecule has 2 atom stereocenters. The summed E-state index contributed by atoms with van der Waals surface area (Å²) in [5.41, 5.74) is 1.98. The van der Waals surface area contributed by atoms with Gasteiger partial charge in [0.2, 0.25) is 11.7 Å². The Morgan fingerprint density at radius 1 is 1.16 bits per heavy atom. The van der Waals surface area contributed by atoms with Gasteiger partial charge in [-0.05, 0) is 42.4 Å². The third-order valence-electron chi connectivity index (χ3n) is 5.09. The molecule has 134 valence electrons. The van der Waals surface area contributed by atoms with Gasteiger partial charge >= 0.3 is 0 Å². The average molecular weight is 363 g/mol. The van der Waals surface area contributed by atoms with Crippen LogP contribution in [0.4, 0.5) is 0 Å². The molecule has 3 heterocycles. The normalized spacial score (nSPS) is 24.6. The molecule has 3 N–H and O–H groups in total. The molecule has 0 saturated carbocycles. The maximum Gasteiger partial charge on any atom is 0.220 e. The van der Waals surface area contributed by atoms with Crippen LogP contribution in [0.25, 0.3) is 11.4 Å². The van der Waals surface area contributed by atoms with Crippen molar-refractivity contribution >= 4 is 18.3 Å². The zero-order chi connectivity index (χ0) is 16.4. The Hall–Kier alpha value is -1.99. The van der Waals surface area contributed by atoms with Gasteiger partial charge in [0, 0.05) is 30.6 Å². The predicted octanol–water partition coefficient (Wildman–Crippen LogP) is 1.83. The number of hydrogen-bond donors (Lipinski definition) is 3. The van der Waals surface area contributed by atoms with Gasteiger partial charge in [0.05, 0.1) is 0 Å². The van der Waals surface area contributed by atoms with Crippen molar-refractivity contribution in [1.82, 2.24) is 31.3 Å². The van der Waals surface area contributed by atoms with Gasteiger partial charge in [0.25, 0.3) is 0 Å². The van der Waals surface area contributed by atoms with Crippen LogP contribution >= 0.6 is 12.4 Å². The molecule has 25 heavy (non-hydrogen) atoms. The lowest BCUT2D eigenvalue weighted by Crippen LogP contribution is -2.39. The quantitative estimate of drug-likeness (QED) is 0.754. The highest BCUT2D eigenvalue weighted by molar-refractivity contribution is 5.85. The lowest BCUT2D eigenvalue weighted by Gasteiger charge is -2.28. The van der Waals surface area contributed by atoms with Crippen LogP contribution in [0.5, 0.6) is 0 Å². The predicted molar refractivity (Wildman–Crippen MR) is 96.0 cm³/mol. The Balaban J connectivity index is 0.00000182. The van der Waals surface area contributed by atoms with Crippen LogP contribution < -0.4 is 10.6 Å². The number of halogens is 1. The van der Waals surface area contributed by atoms with Gasteiger partial charge in [-0.1, -0.05) is 24.3 Å². The first kappa shape index (κ1) is 17.8. The molecule has 7 nitrogen and oxygen atoms in total. The molecular weight excluding hydrogens is 340 g/mol. The van der Waals surface area contributed by atoms with E-state index in [9.17, 15) is 4.79 Å². The maximum absolute atomic E-state index is 12.2.